The second-order valence-electron chi connectivity index (χ2n) is 4.43. The number of rotatable bonds is 4. The van der Waals surface area contributed by atoms with E-state index in [2.05, 4.69) is 26.8 Å². The van der Waals surface area contributed by atoms with Crippen LogP contribution in [0.1, 0.15) is 31.9 Å². The molecule has 0 aromatic carbocycles. The Labute approximate surface area is 101 Å². The van der Waals surface area contributed by atoms with E-state index >= 15 is 0 Å². The molecule has 1 aliphatic heterocycles. The number of imidazole rings is 1. The minimum absolute atomic E-state index is 0.631. The van der Waals surface area contributed by atoms with Crippen LogP contribution >= 0.6 is 0 Å². The van der Waals surface area contributed by atoms with Crippen molar-refractivity contribution in [3.8, 4) is 6.19 Å². The number of aromatic nitrogens is 2. The van der Waals surface area contributed by atoms with Crippen LogP contribution in [0.3, 0.4) is 0 Å². The van der Waals surface area contributed by atoms with Crippen LogP contribution in [-0.4, -0.2) is 27.2 Å². The molecule has 0 bridgehead atoms. The fraction of sp³-hybridized carbons (Fsp3) is 0.583. The van der Waals surface area contributed by atoms with Crippen LogP contribution < -0.4 is 0 Å². The molecule has 90 valence electrons. The van der Waals surface area contributed by atoms with Crippen molar-refractivity contribution in [1.82, 2.24) is 14.9 Å². The smallest absolute Gasteiger partial charge is 0.207 e. The van der Waals surface area contributed by atoms with Gasteiger partial charge in [-0.2, -0.15) is 10.3 Å². The van der Waals surface area contributed by atoms with Crippen molar-refractivity contribution in [2.24, 2.45) is 10.9 Å². The second-order valence-corrected chi connectivity index (χ2v) is 4.43. The lowest BCUT2D eigenvalue weighted by molar-refractivity contribution is 0.377. The van der Waals surface area contributed by atoms with Crippen LogP contribution in [0.4, 0.5) is 0 Å². The van der Waals surface area contributed by atoms with Crippen molar-refractivity contribution in [3.63, 3.8) is 0 Å². The quantitative estimate of drug-likeness (QED) is 0.805. The third-order valence-electron chi connectivity index (χ3n) is 3.10. The van der Waals surface area contributed by atoms with Crippen molar-refractivity contribution in [2.75, 3.05) is 6.54 Å². The third kappa shape index (κ3) is 2.84. The SMILES string of the molecule is CCCC1C/C(=N\C#N)N(Cc2c[nH]cn2)C1. The number of nitrogens with zero attached hydrogens (tertiary/aromatic N) is 4. The summed E-state index contributed by atoms with van der Waals surface area (Å²) in [6, 6.07) is 0. The fourth-order valence-electron chi connectivity index (χ4n) is 2.37. The second kappa shape index (κ2) is 5.48. The van der Waals surface area contributed by atoms with E-state index in [0.29, 0.717) is 5.92 Å². The van der Waals surface area contributed by atoms with Gasteiger partial charge in [0.2, 0.25) is 6.19 Å². The first-order chi connectivity index (χ1) is 8.33. The lowest BCUT2D eigenvalue weighted by atomic mass is 10.0. The fourth-order valence-corrected chi connectivity index (χ4v) is 2.37. The number of nitriles is 1. The number of hydrogen-bond acceptors (Lipinski definition) is 3. The highest BCUT2D eigenvalue weighted by Gasteiger charge is 2.27. The van der Waals surface area contributed by atoms with Gasteiger partial charge in [0.05, 0.1) is 18.6 Å². The molecule has 1 N–H and O–H groups in total. The molecule has 17 heavy (non-hydrogen) atoms. The third-order valence-corrected chi connectivity index (χ3v) is 3.10. The maximum Gasteiger partial charge on any atom is 0.207 e. The van der Waals surface area contributed by atoms with Gasteiger partial charge in [0, 0.05) is 19.2 Å². The van der Waals surface area contributed by atoms with Gasteiger partial charge in [0.1, 0.15) is 5.84 Å². The number of likely N-dealkylation sites (tertiary alicyclic amines) is 1. The lowest BCUT2D eigenvalue weighted by Crippen LogP contribution is -2.25. The summed E-state index contributed by atoms with van der Waals surface area (Å²) in [7, 11) is 0. The Morgan fingerprint density at radius 2 is 2.59 bits per heavy atom. The molecule has 1 aromatic heterocycles. The van der Waals surface area contributed by atoms with Gasteiger partial charge in [-0.3, -0.25) is 0 Å². The van der Waals surface area contributed by atoms with E-state index in [9.17, 15) is 0 Å². The van der Waals surface area contributed by atoms with Crippen molar-refractivity contribution in [2.45, 2.75) is 32.7 Å². The molecule has 1 fully saturated rings. The molecule has 1 aliphatic rings. The molecule has 1 atom stereocenters. The molecular weight excluding hydrogens is 214 g/mol. The van der Waals surface area contributed by atoms with E-state index in [1.54, 1.807) is 6.33 Å². The molecule has 0 spiro atoms. The summed E-state index contributed by atoms with van der Waals surface area (Å²) in [6.45, 7) is 3.92. The van der Waals surface area contributed by atoms with Gasteiger partial charge in [0.25, 0.3) is 0 Å². The number of H-pyrrole nitrogens is 1. The average Bonchev–Trinajstić information content (AvgIpc) is 2.92. The lowest BCUT2D eigenvalue weighted by Gasteiger charge is -2.17. The van der Waals surface area contributed by atoms with Gasteiger partial charge >= 0.3 is 0 Å². The monoisotopic (exact) mass is 231 g/mol. The van der Waals surface area contributed by atoms with Gasteiger partial charge in [-0.25, -0.2) is 4.98 Å². The van der Waals surface area contributed by atoms with E-state index in [4.69, 9.17) is 5.26 Å². The topological polar surface area (TPSA) is 68.1 Å². The summed E-state index contributed by atoms with van der Waals surface area (Å²) >= 11 is 0. The molecule has 2 heterocycles. The molecule has 0 radical (unpaired) electrons. The van der Waals surface area contributed by atoms with Gasteiger partial charge in [0.15, 0.2) is 0 Å². The van der Waals surface area contributed by atoms with Crippen LogP contribution in [0.2, 0.25) is 0 Å². The van der Waals surface area contributed by atoms with Crippen molar-refractivity contribution in [3.05, 3.63) is 18.2 Å². The predicted octanol–water partition coefficient (Wildman–Crippen LogP) is 1.91. The van der Waals surface area contributed by atoms with Crippen molar-refractivity contribution in [1.29, 1.82) is 5.26 Å². The number of hydrogen-bond donors (Lipinski definition) is 1. The zero-order chi connectivity index (χ0) is 12.1. The summed E-state index contributed by atoms with van der Waals surface area (Å²) in [5.41, 5.74) is 0.993. The number of aliphatic imine (C=N–C) groups is 1. The summed E-state index contributed by atoms with van der Waals surface area (Å²) in [5.74, 6) is 1.54. The minimum atomic E-state index is 0.631. The Kier molecular flexibility index (Phi) is 3.76. The van der Waals surface area contributed by atoms with Crippen LogP contribution in [0.15, 0.2) is 17.5 Å². The molecule has 0 amide bonds. The minimum Gasteiger partial charge on any atom is -0.353 e. The van der Waals surface area contributed by atoms with Crippen molar-refractivity contribution < 1.29 is 0 Å². The highest BCUT2D eigenvalue weighted by atomic mass is 15.2. The van der Waals surface area contributed by atoms with E-state index in [0.717, 1.165) is 31.0 Å². The molecule has 2 rings (SSSR count). The molecule has 1 unspecified atom stereocenters. The predicted molar refractivity (Wildman–Crippen MR) is 65.1 cm³/mol. The van der Waals surface area contributed by atoms with Crippen LogP contribution in [-0.2, 0) is 6.54 Å². The zero-order valence-corrected chi connectivity index (χ0v) is 10.1. The van der Waals surface area contributed by atoms with Crippen LogP contribution in [0, 0.1) is 17.4 Å². The van der Waals surface area contributed by atoms with E-state index in [1.165, 1.54) is 12.8 Å². The van der Waals surface area contributed by atoms with Gasteiger partial charge in [-0.05, 0) is 12.3 Å². The maximum absolute atomic E-state index is 8.70. The van der Waals surface area contributed by atoms with Gasteiger partial charge < -0.3 is 9.88 Å². The Balaban J connectivity index is 2.04. The average molecular weight is 231 g/mol. The number of aromatic amines is 1. The van der Waals surface area contributed by atoms with Crippen LogP contribution in [0.25, 0.3) is 0 Å². The Bertz CT molecular complexity index is 415. The standard InChI is InChI=1S/C12H17N5/c1-2-3-10-4-12(15-8-13)17(6-10)7-11-5-14-9-16-11/h5,9-10H,2-4,6-7H2,1H3,(H,14,16)/b15-12+. The molecule has 0 aliphatic carbocycles. The number of nitrogens with one attached hydrogen (secondary N) is 1. The van der Waals surface area contributed by atoms with E-state index in [1.807, 2.05) is 12.4 Å². The van der Waals surface area contributed by atoms with Crippen molar-refractivity contribution >= 4 is 5.84 Å². The highest BCUT2D eigenvalue weighted by Crippen LogP contribution is 2.24. The summed E-state index contributed by atoms with van der Waals surface area (Å²) in [5, 5.41) is 8.70. The number of amidine groups is 1. The summed E-state index contributed by atoms with van der Waals surface area (Å²) in [4.78, 5) is 13.2. The van der Waals surface area contributed by atoms with E-state index in [-0.39, 0.29) is 0 Å². The first kappa shape index (κ1) is 11.6. The maximum atomic E-state index is 8.70. The first-order valence-electron chi connectivity index (χ1n) is 6.01. The molecule has 1 saturated heterocycles. The van der Waals surface area contributed by atoms with E-state index < -0.39 is 0 Å². The largest absolute Gasteiger partial charge is 0.353 e. The van der Waals surface area contributed by atoms with Gasteiger partial charge in [-0.15, -0.1) is 0 Å². The van der Waals surface area contributed by atoms with Crippen LogP contribution in [0.5, 0.6) is 0 Å². The summed E-state index contributed by atoms with van der Waals surface area (Å²) < 4.78 is 0. The van der Waals surface area contributed by atoms with Gasteiger partial charge in [-0.1, -0.05) is 13.3 Å². The molecule has 5 nitrogen and oxygen atoms in total. The normalized spacial score (nSPS) is 22.0. The molecule has 1 aromatic rings. The molecular formula is C12H17N5. The molecule has 0 saturated carbocycles. The zero-order valence-electron chi connectivity index (χ0n) is 10.1. The highest BCUT2D eigenvalue weighted by molar-refractivity contribution is 5.85. The first-order valence-corrected chi connectivity index (χ1v) is 6.01. The molecule has 5 heteroatoms. The summed E-state index contributed by atoms with van der Waals surface area (Å²) in [6.07, 6.45) is 8.76. The Morgan fingerprint density at radius 1 is 1.71 bits per heavy atom. The Hall–Kier alpha value is -1.83. The Morgan fingerprint density at radius 3 is 3.24 bits per heavy atom.